The first-order valence-electron chi connectivity index (χ1n) is 5.58. The van der Waals surface area contributed by atoms with E-state index in [1.54, 1.807) is 0 Å². The molecule has 0 aromatic carbocycles. The predicted molar refractivity (Wildman–Crippen MR) is 63.2 cm³/mol. The summed E-state index contributed by atoms with van der Waals surface area (Å²) in [5, 5.41) is 0. The van der Waals surface area contributed by atoms with Gasteiger partial charge in [0, 0.05) is 38.0 Å². The van der Waals surface area contributed by atoms with Crippen molar-refractivity contribution in [3.8, 4) is 0 Å². The van der Waals surface area contributed by atoms with E-state index < -0.39 is 0 Å². The number of likely N-dealkylation sites (N-methyl/N-ethyl adjacent to an activating group) is 1. The third kappa shape index (κ3) is 3.65. The smallest absolute Gasteiger partial charge is 0.223 e. The van der Waals surface area contributed by atoms with Crippen molar-refractivity contribution in [1.29, 1.82) is 0 Å². The zero-order chi connectivity index (χ0) is 11.4. The Morgan fingerprint density at radius 1 is 1.60 bits per heavy atom. The van der Waals surface area contributed by atoms with Crippen LogP contribution in [0.15, 0.2) is 0 Å². The summed E-state index contributed by atoms with van der Waals surface area (Å²) in [6.07, 6.45) is 0.634. The average Bonchev–Trinajstić information content (AvgIpc) is 2.55. The summed E-state index contributed by atoms with van der Waals surface area (Å²) in [6.45, 7) is 6.94. The van der Waals surface area contributed by atoms with Gasteiger partial charge in [-0.1, -0.05) is 0 Å². The van der Waals surface area contributed by atoms with Crippen molar-refractivity contribution in [2.75, 3.05) is 32.6 Å². The van der Waals surface area contributed by atoms with E-state index >= 15 is 0 Å². The Balaban J connectivity index is 2.30. The Morgan fingerprint density at radius 2 is 2.27 bits per heavy atom. The number of hydrogen-bond donors (Lipinski definition) is 0. The number of likely N-dealkylation sites (tertiary alicyclic amines) is 1. The second-order valence-corrected chi connectivity index (χ2v) is 4.95. The van der Waals surface area contributed by atoms with Gasteiger partial charge in [0.15, 0.2) is 0 Å². The number of hydrogen-bond acceptors (Lipinski definition) is 2. The molecule has 0 aromatic rings. The molecule has 0 saturated carbocycles. The van der Waals surface area contributed by atoms with Gasteiger partial charge in [-0.2, -0.15) is 0 Å². The molecule has 1 fully saturated rings. The van der Waals surface area contributed by atoms with Crippen molar-refractivity contribution in [3.05, 3.63) is 0 Å². The molecule has 0 spiro atoms. The van der Waals surface area contributed by atoms with Crippen LogP contribution in [0.3, 0.4) is 0 Å². The Kier molecular flexibility index (Phi) is 4.87. The molecule has 1 saturated heterocycles. The molecule has 0 aromatic heterocycles. The Labute approximate surface area is 97.4 Å². The monoisotopic (exact) mass is 232 g/mol. The van der Waals surface area contributed by atoms with Crippen molar-refractivity contribution < 1.29 is 4.79 Å². The summed E-state index contributed by atoms with van der Waals surface area (Å²) < 4.78 is 0. The van der Waals surface area contributed by atoms with Crippen LogP contribution in [-0.2, 0) is 4.79 Å². The SMILES string of the molecule is CC(C)N(C)CCN1CC(CCl)CC1=O. The molecule has 88 valence electrons. The van der Waals surface area contributed by atoms with Crippen LogP contribution < -0.4 is 0 Å². The summed E-state index contributed by atoms with van der Waals surface area (Å²) >= 11 is 5.76. The minimum absolute atomic E-state index is 0.262. The summed E-state index contributed by atoms with van der Waals surface area (Å²) in [4.78, 5) is 15.8. The molecule has 4 heteroatoms. The van der Waals surface area contributed by atoms with Crippen LogP contribution in [0.4, 0.5) is 0 Å². The summed E-state index contributed by atoms with van der Waals surface area (Å²) in [5.41, 5.74) is 0. The largest absolute Gasteiger partial charge is 0.341 e. The van der Waals surface area contributed by atoms with Crippen LogP contribution in [0, 0.1) is 5.92 Å². The van der Waals surface area contributed by atoms with Gasteiger partial charge in [0.1, 0.15) is 0 Å². The third-order valence-electron chi connectivity index (χ3n) is 3.12. The maximum Gasteiger partial charge on any atom is 0.223 e. The quantitative estimate of drug-likeness (QED) is 0.670. The molecule has 0 radical (unpaired) electrons. The highest BCUT2D eigenvalue weighted by Gasteiger charge is 2.28. The fourth-order valence-corrected chi connectivity index (χ4v) is 1.92. The standard InChI is InChI=1S/C11H21ClN2O/c1-9(2)13(3)4-5-14-8-10(7-12)6-11(14)15/h9-10H,4-8H2,1-3H3. The van der Waals surface area contributed by atoms with Crippen LogP contribution >= 0.6 is 11.6 Å². The van der Waals surface area contributed by atoms with Gasteiger partial charge in [-0.05, 0) is 26.8 Å². The number of rotatable bonds is 5. The molecule has 3 nitrogen and oxygen atoms in total. The fourth-order valence-electron chi connectivity index (χ4n) is 1.71. The molecule has 15 heavy (non-hydrogen) atoms. The Hall–Kier alpha value is -0.280. The lowest BCUT2D eigenvalue weighted by Crippen LogP contribution is -2.37. The summed E-state index contributed by atoms with van der Waals surface area (Å²) in [6, 6.07) is 0.534. The van der Waals surface area contributed by atoms with Crippen molar-refractivity contribution in [2.24, 2.45) is 5.92 Å². The maximum atomic E-state index is 11.6. The molecule has 1 amide bonds. The highest BCUT2D eigenvalue weighted by atomic mass is 35.5. The van der Waals surface area contributed by atoms with Crippen molar-refractivity contribution >= 4 is 17.5 Å². The first-order chi connectivity index (χ1) is 7.04. The fraction of sp³-hybridized carbons (Fsp3) is 0.909. The van der Waals surface area contributed by atoms with Crippen molar-refractivity contribution in [2.45, 2.75) is 26.3 Å². The van der Waals surface area contributed by atoms with Gasteiger partial charge >= 0.3 is 0 Å². The number of amides is 1. The molecule has 0 aliphatic carbocycles. The minimum Gasteiger partial charge on any atom is -0.341 e. The lowest BCUT2D eigenvalue weighted by Gasteiger charge is -2.24. The van der Waals surface area contributed by atoms with Crippen LogP contribution in [0.25, 0.3) is 0 Å². The van der Waals surface area contributed by atoms with Crippen LogP contribution in [-0.4, -0.2) is 54.3 Å². The molecule has 0 N–H and O–H groups in total. The molecule has 1 rings (SSSR count). The number of nitrogens with zero attached hydrogens (tertiary/aromatic N) is 2. The summed E-state index contributed by atoms with van der Waals surface area (Å²) in [5.74, 6) is 1.23. The van der Waals surface area contributed by atoms with E-state index in [2.05, 4.69) is 25.8 Å². The topological polar surface area (TPSA) is 23.6 Å². The number of carbonyl (C=O) groups is 1. The summed E-state index contributed by atoms with van der Waals surface area (Å²) in [7, 11) is 2.09. The van der Waals surface area contributed by atoms with Gasteiger partial charge in [0.05, 0.1) is 0 Å². The van der Waals surface area contributed by atoms with E-state index in [0.717, 1.165) is 19.6 Å². The van der Waals surface area contributed by atoms with Gasteiger partial charge in [0.2, 0.25) is 5.91 Å². The van der Waals surface area contributed by atoms with Crippen LogP contribution in [0.2, 0.25) is 0 Å². The average molecular weight is 233 g/mol. The van der Waals surface area contributed by atoms with Gasteiger partial charge < -0.3 is 9.80 Å². The Morgan fingerprint density at radius 3 is 2.73 bits per heavy atom. The van der Waals surface area contributed by atoms with Gasteiger partial charge in [-0.15, -0.1) is 11.6 Å². The van der Waals surface area contributed by atoms with E-state index in [4.69, 9.17) is 11.6 Å². The van der Waals surface area contributed by atoms with Gasteiger partial charge in [-0.3, -0.25) is 4.79 Å². The first kappa shape index (κ1) is 12.8. The van der Waals surface area contributed by atoms with Crippen LogP contribution in [0.1, 0.15) is 20.3 Å². The normalized spacial score (nSPS) is 22.1. The van der Waals surface area contributed by atoms with E-state index in [1.165, 1.54) is 0 Å². The molecular weight excluding hydrogens is 212 g/mol. The lowest BCUT2D eigenvalue weighted by atomic mass is 10.1. The molecular formula is C11H21ClN2O. The highest BCUT2D eigenvalue weighted by Crippen LogP contribution is 2.18. The van der Waals surface area contributed by atoms with Gasteiger partial charge in [-0.25, -0.2) is 0 Å². The Bertz CT molecular complexity index is 221. The van der Waals surface area contributed by atoms with E-state index in [9.17, 15) is 4.79 Å². The second kappa shape index (κ2) is 5.71. The number of alkyl halides is 1. The van der Waals surface area contributed by atoms with E-state index in [0.29, 0.717) is 24.3 Å². The zero-order valence-corrected chi connectivity index (χ0v) is 10.6. The van der Waals surface area contributed by atoms with E-state index in [-0.39, 0.29) is 5.91 Å². The number of halogens is 1. The molecule has 1 heterocycles. The van der Waals surface area contributed by atoms with Crippen molar-refractivity contribution in [1.82, 2.24) is 9.80 Å². The van der Waals surface area contributed by atoms with E-state index in [1.807, 2.05) is 4.90 Å². The first-order valence-corrected chi connectivity index (χ1v) is 6.12. The molecule has 1 aliphatic heterocycles. The van der Waals surface area contributed by atoms with Gasteiger partial charge in [0.25, 0.3) is 0 Å². The molecule has 1 aliphatic rings. The lowest BCUT2D eigenvalue weighted by molar-refractivity contribution is -0.127. The van der Waals surface area contributed by atoms with Crippen molar-refractivity contribution in [3.63, 3.8) is 0 Å². The second-order valence-electron chi connectivity index (χ2n) is 4.64. The maximum absolute atomic E-state index is 11.6. The van der Waals surface area contributed by atoms with Crippen LogP contribution in [0.5, 0.6) is 0 Å². The molecule has 1 unspecified atom stereocenters. The minimum atomic E-state index is 0.262. The number of carbonyl (C=O) groups excluding carboxylic acids is 1. The molecule has 1 atom stereocenters. The molecule has 0 bridgehead atoms. The highest BCUT2D eigenvalue weighted by molar-refractivity contribution is 6.18. The third-order valence-corrected chi connectivity index (χ3v) is 3.55. The predicted octanol–water partition coefficient (Wildman–Crippen LogP) is 1.41. The zero-order valence-electron chi connectivity index (χ0n) is 9.87.